The molecule has 36 heavy (non-hydrogen) atoms. The van der Waals surface area contributed by atoms with Crippen LogP contribution in [0.2, 0.25) is 10.0 Å². The fourth-order valence-corrected chi connectivity index (χ4v) is 5.27. The Morgan fingerprint density at radius 1 is 1.06 bits per heavy atom. The van der Waals surface area contributed by atoms with Crippen LogP contribution in [0.3, 0.4) is 0 Å². The predicted octanol–water partition coefficient (Wildman–Crippen LogP) is 6.93. The van der Waals surface area contributed by atoms with Crippen molar-refractivity contribution in [3.63, 3.8) is 0 Å². The van der Waals surface area contributed by atoms with E-state index in [0.717, 1.165) is 22.0 Å². The van der Waals surface area contributed by atoms with E-state index in [0.29, 0.717) is 32.4 Å². The SMILES string of the molecule is CN1C(=O)C(=Cc2cn(Cc3ccc(Cl)c(Cl)c3)c3ccccc23)SC1=Nc1cccc(C(=O)O)c1. The van der Waals surface area contributed by atoms with E-state index in [2.05, 4.69) is 9.56 Å². The van der Waals surface area contributed by atoms with Gasteiger partial charge in [-0.2, -0.15) is 0 Å². The minimum Gasteiger partial charge on any atom is -0.478 e. The molecule has 1 aromatic heterocycles. The lowest BCUT2D eigenvalue weighted by Gasteiger charge is -2.07. The van der Waals surface area contributed by atoms with E-state index in [1.54, 1.807) is 25.2 Å². The first kappa shape index (κ1) is 24.2. The molecule has 1 N–H and O–H groups in total. The number of carbonyl (C=O) groups is 2. The standard InChI is InChI=1S/C27H19Cl2N3O3S/c1-31-25(33)24(36-27(31)30-19-6-4-5-17(12-19)26(34)35)13-18-15-32(23-8-3-2-7-20(18)23)14-16-9-10-21(28)22(29)11-16/h2-13,15H,14H2,1H3,(H,34,35). The number of amidine groups is 1. The van der Waals surface area contributed by atoms with Crippen molar-refractivity contribution in [2.45, 2.75) is 6.54 Å². The lowest BCUT2D eigenvalue weighted by Crippen LogP contribution is -2.23. The number of amides is 1. The molecule has 2 heterocycles. The fraction of sp³-hybridized carbons (Fsp3) is 0.0741. The number of para-hydroxylation sites is 1. The molecule has 4 aromatic rings. The van der Waals surface area contributed by atoms with Crippen LogP contribution in [0.1, 0.15) is 21.5 Å². The molecule has 1 aliphatic heterocycles. The number of rotatable bonds is 5. The Labute approximate surface area is 221 Å². The third kappa shape index (κ3) is 4.78. The molecular weight excluding hydrogens is 517 g/mol. The van der Waals surface area contributed by atoms with Crippen molar-refractivity contribution < 1.29 is 14.7 Å². The number of benzene rings is 3. The lowest BCUT2D eigenvalue weighted by molar-refractivity contribution is -0.121. The lowest BCUT2D eigenvalue weighted by atomic mass is 10.1. The highest BCUT2D eigenvalue weighted by Crippen LogP contribution is 2.35. The summed E-state index contributed by atoms with van der Waals surface area (Å²) in [5.41, 5.74) is 3.55. The summed E-state index contributed by atoms with van der Waals surface area (Å²) < 4.78 is 2.11. The normalized spacial score (nSPS) is 16.0. The van der Waals surface area contributed by atoms with Crippen molar-refractivity contribution in [2.75, 3.05) is 7.05 Å². The van der Waals surface area contributed by atoms with Gasteiger partial charge in [0.15, 0.2) is 5.17 Å². The molecule has 3 aromatic carbocycles. The van der Waals surface area contributed by atoms with Crippen molar-refractivity contribution in [2.24, 2.45) is 4.99 Å². The zero-order chi connectivity index (χ0) is 25.4. The zero-order valence-corrected chi connectivity index (χ0v) is 21.3. The van der Waals surface area contributed by atoms with Gasteiger partial charge in [0.2, 0.25) is 0 Å². The van der Waals surface area contributed by atoms with E-state index in [4.69, 9.17) is 23.2 Å². The van der Waals surface area contributed by atoms with Crippen LogP contribution in [0, 0.1) is 0 Å². The van der Waals surface area contributed by atoms with Gasteiger partial charge in [0.1, 0.15) is 0 Å². The summed E-state index contributed by atoms with van der Waals surface area (Å²) in [7, 11) is 1.66. The first-order chi connectivity index (χ1) is 17.3. The molecular formula is C27H19Cl2N3O3S. The number of carboxylic acids is 1. The number of carbonyl (C=O) groups excluding carboxylic acids is 1. The molecule has 0 unspecified atom stereocenters. The van der Waals surface area contributed by atoms with Gasteiger partial charge in [0.25, 0.3) is 5.91 Å². The third-order valence-corrected chi connectivity index (χ3v) is 7.56. The quantitative estimate of drug-likeness (QED) is 0.281. The molecule has 1 aliphatic rings. The van der Waals surface area contributed by atoms with Crippen molar-refractivity contribution in [3.05, 3.63) is 105 Å². The Balaban J connectivity index is 1.49. The minimum absolute atomic E-state index is 0.138. The predicted molar refractivity (Wildman–Crippen MR) is 146 cm³/mol. The molecule has 180 valence electrons. The number of fused-ring (bicyclic) bond motifs is 1. The maximum absolute atomic E-state index is 13.0. The Bertz CT molecular complexity index is 1590. The first-order valence-corrected chi connectivity index (χ1v) is 12.5. The number of thioether (sulfide) groups is 1. The van der Waals surface area contributed by atoms with Crippen LogP contribution in [-0.2, 0) is 11.3 Å². The van der Waals surface area contributed by atoms with E-state index in [1.807, 2.05) is 48.7 Å². The summed E-state index contributed by atoms with van der Waals surface area (Å²) in [4.78, 5) is 30.8. The molecule has 0 spiro atoms. The number of hydrogen-bond donors (Lipinski definition) is 1. The van der Waals surface area contributed by atoms with Gasteiger partial charge in [-0.1, -0.05) is 53.5 Å². The summed E-state index contributed by atoms with van der Waals surface area (Å²) in [6.45, 7) is 0.591. The summed E-state index contributed by atoms with van der Waals surface area (Å²) in [5, 5.41) is 11.7. The molecule has 1 amide bonds. The van der Waals surface area contributed by atoms with Crippen LogP contribution in [0.4, 0.5) is 5.69 Å². The molecule has 6 nitrogen and oxygen atoms in total. The number of halogens is 2. The number of aliphatic imine (C=N–C) groups is 1. The van der Waals surface area contributed by atoms with Crippen molar-refractivity contribution >= 4 is 74.7 Å². The van der Waals surface area contributed by atoms with Gasteiger partial charge in [-0.05, 0) is 59.8 Å². The van der Waals surface area contributed by atoms with Gasteiger partial charge in [0.05, 0.1) is 26.2 Å². The molecule has 5 rings (SSSR count). The van der Waals surface area contributed by atoms with Crippen molar-refractivity contribution in [3.8, 4) is 0 Å². The summed E-state index contributed by atoms with van der Waals surface area (Å²) >= 11 is 13.5. The van der Waals surface area contributed by atoms with Gasteiger partial charge in [0, 0.05) is 36.3 Å². The maximum Gasteiger partial charge on any atom is 0.335 e. The highest BCUT2D eigenvalue weighted by molar-refractivity contribution is 8.18. The Morgan fingerprint density at radius 2 is 1.86 bits per heavy atom. The highest BCUT2D eigenvalue weighted by Gasteiger charge is 2.30. The second kappa shape index (κ2) is 9.85. The number of likely N-dealkylation sites (N-methyl/N-ethyl adjacent to an activating group) is 1. The number of carboxylic acid groups (broad SMARTS) is 1. The molecule has 0 radical (unpaired) electrons. The van der Waals surface area contributed by atoms with E-state index in [-0.39, 0.29) is 11.5 Å². The van der Waals surface area contributed by atoms with E-state index in [9.17, 15) is 14.7 Å². The largest absolute Gasteiger partial charge is 0.478 e. The van der Waals surface area contributed by atoms with Crippen LogP contribution in [-0.4, -0.2) is 38.7 Å². The Kier molecular flexibility index (Phi) is 6.62. The second-order valence-corrected chi connectivity index (χ2v) is 10.0. The summed E-state index contributed by atoms with van der Waals surface area (Å²) in [5.74, 6) is -1.20. The van der Waals surface area contributed by atoms with Gasteiger partial charge in [-0.25, -0.2) is 9.79 Å². The number of aromatic nitrogens is 1. The van der Waals surface area contributed by atoms with E-state index < -0.39 is 5.97 Å². The molecule has 1 saturated heterocycles. The summed E-state index contributed by atoms with van der Waals surface area (Å²) in [6.07, 6.45) is 3.88. The first-order valence-electron chi connectivity index (χ1n) is 10.9. The average Bonchev–Trinajstić information content (AvgIpc) is 3.34. The van der Waals surface area contributed by atoms with E-state index >= 15 is 0 Å². The molecule has 0 saturated carbocycles. The number of hydrogen-bond acceptors (Lipinski definition) is 4. The molecule has 0 atom stereocenters. The average molecular weight is 536 g/mol. The Hall–Kier alpha value is -3.52. The monoisotopic (exact) mass is 535 g/mol. The minimum atomic E-state index is -1.03. The number of nitrogens with zero attached hydrogens (tertiary/aromatic N) is 3. The third-order valence-electron chi connectivity index (χ3n) is 5.76. The molecule has 1 fully saturated rings. The van der Waals surface area contributed by atoms with Crippen LogP contribution in [0.15, 0.2) is 82.8 Å². The van der Waals surface area contributed by atoms with Crippen LogP contribution in [0.5, 0.6) is 0 Å². The van der Waals surface area contributed by atoms with Crippen LogP contribution < -0.4 is 0 Å². The van der Waals surface area contributed by atoms with Gasteiger partial charge in [-0.15, -0.1) is 0 Å². The fourth-order valence-electron chi connectivity index (χ4n) is 3.97. The van der Waals surface area contributed by atoms with Gasteiger partial charge < -0.3 is 9.67 Å². The topological polar surface area (TPSA) is 74.9 Å². The van der Waals surface area contributed by atoms with Crippen LogP contribution in [0.25, 0.3) is 17.0 Å². The van der Waals surface area contributed by atoms with Crippen LogP contribution >= 0.6 is 35.0 Å². The Morgan fingerprint density at radius 3 is 2.64 bits per heavy atom. The number of aromatic carboxylic acids is 1. The molecule has 0 bridgehead atoms. The smallest absolute Gasteiger partial charge is 0.335 e. The van der Waals surface area contributed by atoms with Crippen molar-refractivity contribution in [1.82, 2.24) is 9.47 Å². The van der Waals surface area contributed by atoms with Gasteiger partial charge >= 0.3 is 5.97 Å². The molecule has 0 aliphatic carbocycles. The second-order valence-electron chi connectivity index (χ2n) is 8.20. The maximum atomic E-state index is 13.0. The zero-order valence-electron chi connectivity index (χ0n) is 19.0. The van der Waals surface area contributed by atoms with Gasteiger partial charge in [-0.3, -0.25) is 9.69 Å². The van der Waals surface area contributed by atoms with E-state index in [1.165, 1.54) is 28.8 Å². The van der Waals surface area contributed by atoms with Crippen molar-refractivity contribution in [1.29, 1.82) is 0 Å². The molecule has 9 heteroatoms. The highest BCUT2D eigenvalue weighted by atomic mass is 35.5. The summed E-state index contributed by atoms with van der Waals surface area (Å²) in [6, 6.07) is 19.9.